The van der Waals surface area contributed by atoms with E-state index in [2.05, 4.69) is 31.9 Å². The van der Waals surface area contributed by atoms with E-state index in [0.717, 1.165) is 0 Å². The number of amides is 2. The van der Waals surface area contributed by atoms with Crippen LogP contribution in [0.1, 0.15) is 0 Å². The van der Waals surface area contributed by atoms with Crippen LogP contribution in [0.3, 0.4) is 0 Å². The van der Waals surface area contributed by atoms with Crippen LogP contribution in [0.2, 0.25) is 0 Å². The standard InChI is InChI=1S/C7H6Br2N2O4/c8-2-3(9)7(14)15-4(2)1(5(10)12)6(11)13/h1,4H,(H2,10,12)(H2,11,13)/t4-/m1/s1. The van der Waals surface area contributed by atoms with Gasteiger partial charge in [0, 0.05) is 0 Å². The number of rotatable bonds is 3. The molecule has 6 nitrogen and oxygen atoms in total. The highest BCUT2D eigenvalue weighted by molar-refractivity contribution is 9.14. The van der Waals surface area contributed by atoms with Crippen molar-refractivity contribution in [1.29, 1.82) is 0 Å². The first kappa shape index (κ1) is 12.2. The van der Waals surface area contributed by atoms with Crippen molar-refractivity contribution in [3.05, 3.63) is 8.96 Å². The number of cyclic esters (lactones) is 1. The summed E-state index contributed by atoms with van der Waals surface area (Å²) in [4.78, 5) is 33.0. The minimum absolute atomic E-state index is 0.111. The number of halogens is 2. The summed E-state index contributed by atoms with van der Waals surface area (Å²) in [6, 6.07) is 0. The van der Waals surface area contributed by atoms with E-state index in [1.807, 2.05) is 0 Å². The summed E-state index contributed by atoms with van der Waals surface area (Å²) >= 11 is 5.95. The fourth-order valence-corrected chi connectivity index (χ4v) is 1.93. The normalized spacial score (nSPS) is 20.7. The molecule has 0 saturated heterocycles. The molecule has 0 aliphatic carbocycles. The number of hydrogen-bond donors (Lipinski definition) is 2. The van der Waals surface area contributed by atoms with Crippen LogP contribution in [0.15, 0.2) is 8.96 Å². The monoisotopic (exact) mass is 340 g/mol. The zero-order valence-corrected chi connectivity index (χ0v) is 10.4. The second kappa shape index (κ2) is 4.31. The molecule has 1 aliphatic heterocycles. The van der Waals surface area contributed by atoms with Gasteiger partial charge in [0.1, 0.15) is 4.48 Å². The molecule has 1 aliphatic rings. The van der Waals surface area contributed by atoms with E-state index >= 15 is 0 Å². The van der Waals surface area contributed by atoms with Gasteiger partial charge in [0.2, 0.25) is 11.8 Å². The lowest BCUT2D eigenvalue weighted by Gasteiger charge is -2.16. The summed E-state index contributed by atoms with van der Waals surface area (Å²) in [5, 5.41) is 0. The zero-order valence-electron chi connectivity index (χ0n) is 7.20. The molecule has 1 atom stereocenters. The highest BCUT2D eigenvalue weighted by atomic mass is 79.9. The average Bonchev–Trinajstić information content (AvgIpc) is 2.33. The van der Waals surface area contributed by atoms with Crippen LogP contribution in [-0.2, 0) is 19.1 Å². The topological polar surface area (TPSA) is 112 Å². The Bertz CT molecular complexity index is 365. The Hall–Kier alpha value is -0.890. The highest BCUT2D eigenvalue weighted by Crippen LogP contribution is 2.35. The van der Waals surface area contributed by atoms with Crippen LogP contribution < -0.4 is 11.5 Å². The molecule has 82 valence electrons. The SMILES string of the molecule is NC(=O)C(C(N)=O)[C@H]1OC(=O)C(Br)=C1Br. The number of hydrogen-bond acceptors (Lipinski definition) is 4. The Morgan fingerprint density at radius 1 is 1.27 bits per heavy atom. The van der Waals surface area contributed by atoms with E-state index in [-0.39, 0.29) is 8.96 Å². The molecule has 0 aromatic rings. The van der Waals surface area contributed by atoms with Crippen LogP contribution >= 0.6 is 31.9 Å². The van der Waals surface area contributed by atoms with Crippen molar-refractivity contribution < 1.29 is 19.1 Å². The van der Waals surface area contributed by atoms with Crippen molar-refractivity contribution in [3.8, 4) is 0 Å². The first-order valence-corrected chi connectivity index (χ1v) is 5.29. The fourth-order valence-electron chi connectivity index (χ4n) is 1.09. The number of nitrogens with two attached hydrogens (primary N) is 2. The van der Waals surface area contributed by atoms with Crippen LogP contribution in [0.4, 0.5) is 0 Å². The van der Waals surface area contributed by atoms with Crippen molar-refractivity contribution in [2.75, 3.05) is 0 Å². The van der Waals surface area contributed by atoms with Gasteiger partial charge in [-0.1, -0.05) is 15.9 Å². The Labute approximate surface area is 101 Å². The Morgan fingerprint density at radius 3 is 2.00 bits per heavy atom. The van der Waals surface area contributed by atoms with E-state index in [4.69, 9.17) is 16.2 Å². The smallest absolute Gasteiger partial charge is 0.346 e. The molecule has 4 N–H and O–H groups in total. The molecule has 0 aromatic carbocycles. The molecule has 2 amide bonds. The molecule has 1 rings (SSSR count). The second-order valence-electron chi connectivity index (χ2n) is 2.77. The molecule has 15 heavy (non-hydrogen) atoms. The van der Waals surface area contributed by atoms with Crippen molar-refractivity contribution in [2.24, 2.45) is 17.4 Å². The van der Waals surface area contributed by atoms with Gasteiger partial charge in [-0.05, 0) is 15.9 Å². The third kappa shape index (κ3) is 2.20. The number of primary amides is 2. The molecule has 0 aromatic heterocycles. The highest BCUT2D eigenvalue weighted by Gasteiger charge is 2.42. The Morgan fingerprint density at radius 2 is 1.73 bits per heavy atom. The molecule has 0 fully saturated rings. The van der Waals surface area contributed by atoms with Gasteiger partial charge in [-0.3, -0.25) is 9.59 Å². The quantitative estimate of drug-likeness (QED) is 0.532. The van der Waals surface area contributed by atoms with Crippen LogP contribution in [0.5, 0.6) is 0 Å². The van der Waals surface area contributed by atoms with Gasteiger partial charge < -0.3 is 16.2 Å². The second-order valence-corrected chi connectivity index (χ2v) is 4.42. The molecule has 0 saturated carbocycles. The Balaban J connectivity index is 3.04. The van der Waals surface area contributed by atoms with Crippen LogP contribution in [0, 0.1) is 5.92 Å². The number of ether oxygens (including phenoxy) is 1. The minimum Gasteiger partial charge on any atom is -0.451 e. The first-order valence-electron chi connectivity index (χ1n) is 3.71. The molecular formula is C7H6Br2N2O4. The van der Waals surface area contributed by atoms with E-state index < -0.39 is 29.8 Å². The molecule has 0 unspecified atom stereocenters. The average molecular weight is 342 g/mol. The molecule has 1 heterocycles. The lowest BCUT2D eigenvalue weighted by Crippen LogP contribution is -2.43. The summed E-state index contributed by atoms with van der Waals surface area (Å²) in [6.45, 7) is 0. The summed E-state index contributed by atoms with van der Waals surface area (Å²) in [6.07, 6.45) is -1.08. The number of carbonyl (C=O) groups excluding carboxylic acids is 3. The summed E-state index contributed by atoms with van der Waals surface area (Å²) in [7, 11) is 0. The lowest BCUT2D eigenvalue weighted by molar-refractivity contribution is -0.145. The van der Waals surface area contributed by atoms with E-state index in [1.54, 1.807) is 0 Å². The van der Waals surface area contributed by atoms with Gasteiger partial charge in [0.15, 0.2) is 12.0 Å². The van der Waals surface area contributed by atoms with Crippen molar-refractivity contribution in [2.45, 2.75) is 6.10 Å². The van der Waals surface area contributed by atoms with Gasteiger partial charge >= 0.3 is 5.97 Å². The first-order chi connectivity index (χ1) is 6.86. The summed E-state index contributed by atoms with van der Waals surface area (Å²) in [5.74, 6) is -3.95. The third-order valence-corrected chi connectivity index (χ3v) is 3.92. The predicted molar refractivity (Wildman–Crippen MR) is 56.6 cm³/mol. The van der Waals surface area contributed by atoms with Gasteiger partial charge in [0.25, 0.3) is 0 Å². The van der Waals surface area contributed by atoms with Gasteiger partial charge in [0.05, 0.1) is 4.48 Å². The van der Waals surface area contributed by atoms with Gasteiger partial charge in [-0.2, -0.15) is 0 Å². The lowest BCUT2D eigenvalue weighted by atomic mass is 10.0. The van der Waals surface area contributed by atoms with Crippen molar-refractivity contribution in [3.63, 3.8) is 0 Å². The fraction of sp³-hybridized carbons (Fsp3) is 0.286. The van der Waals surface area contributed by atoms with Crippen molar-refractivity contribution in [1.82, 2.24) is 0 Å². The zero-order chi connectivity index (χ0) is 11.7. The van der Waals surface area contributed by atoms with Crippen LogP contribution in [-0.4, -0.2) is 23.9 Å². The maximum absolute atomic E-state index is 11.1. The van der Waals surface area contributed by atoms with Gasteiger partial charge in [-0.25, -0.2) is 4.79 Å². The van der Waals surface area contributed by atoms with E-state index in [9.17, 15) is 14.4 Å². The largest absolute Gasteiger partial charge is 0.451 e. The minimum atomic E-state index is -1.38. The molecule has 0 spiro atoms. The molecule has 0 bridgehead atoms. The number of carbonyl (C=O) groups is 3. The van der Waals surface area contributed by atoms with Gasteiger partial charge in [-0.15, -0.1) is 0 Å². The number of esters is 1. The van der Waals surface area contributed by atoms with E-state index in [1.165, 1.54) is 0 Å². The van der Waals surface area contributed by atoms with E-state index in [0.29, 0.717) is 0 Å². The van der Waals surface area contributed by atoms with Crippen molar-refractivity contribution >= 4 is 49.6 Å². The third-order valence-electron chi connectivity index (χ3n) is 1.79. The maximum atomic E-state index is 11.1. The maximum Gasteiger partial charge on any atom is 0.346 e. The molecule has 0 radical (unpaired) electrons. The molecule has 8 heteroatoms. The predicted octanol–water partition coefficient (Wildman–Crippen LogP) is -0.500. The van der Waals surface area contributed by atoms with Crippen LogP contribution in [0.25, 0.3) is 0 Å². The summed E-state index contributed by atoms with van der Waals surface area (Å²) in [5.41, 5.74) is 9.96. The summed E-state index contributed by atoms with van der Waals surface area (Å²) < 4.78 is 5.12. The Kier molecular flexibility index (Phi) is 3.50. The molecular weight excluding hydrogens is 336 g/mol.